The highest BCUT2D eigenvalue weighted by molar-refractivity contribution is 6.31. The van der Waals surface area contributed by atoms with Crippen molar-refractivity contribution in [2.45, 2.75) is 6.92 Å². The minimum Gasteiger partial charge on any atom is -0.504 e. The van der Waals surface area contributed by atoms with Crippen molar-refractivity contribution in [2.24, 2.45) is 5.10 Å². The highest BCUT2D eigenvalue weighted by Gasteiger charge is 2.09. The van der Waals surface area contributed by atoms with Crippen LogP contribution in [0, 0.1) is 0 Å². The van der Waals surface area contributed by atoms with Gasteiger partial charge < -0.3 is 14.6 Å². The van der Waals surface area contributed by atoms with E-state index in [1.165, 1.54) is 25.5 Å². The van der Waals surface area contributed by atoms with E-state index in [4.69, 9.17) is 16.3 Å². The summed E-state index contributed by atoms with van der Waals surface area (Å²) in [5.74, 6) is 0.154. The number of hydrogen-bond acceptors (Lipinski definition) is 5. The van der Waals surface area contributed by atoms with E-state index in [0.717, 1.165) is 0 Å². The highest BCUT2D eigenvalue weighted by Crippen LogP contribution is 2.32. The molecule has 0 radical (unpaired) electrons. The molecule has 0 aliphatic heterocycles. The van der Waals surface area contributed by atoms with Crippen molar-refractivity contribution in [3.8, 4) is 11.5 Å². The molecule has 0 heterocycles. The number of phenolic OH excluding ortho intramolecular Hbond substituents is 1. The van der Waals surface area contributed by atoms with Gasteiger partial charge in [0.1, 0.15) is 0 Å². The Morgan fingerprint density at radius 3 is 2.94 bits per heavy atom. The third-order valence-corrected chi connectivity index (χ3v) is 2.13. The Balaban J connectivity index is 2.91. The Morgan fingerprint density at radius 2 is 2.33 bits per heavy atom. The van der Waals surface area contributed by atoms with Gasteiger partial charge in [-0.05, 0) is 13.0 Å². The Morgan fingerprint density at radius 1 is 1.61 bits per heavy atom. The van der Waals surface area contributed by atoms with Crippen molar-refractivity contribution >= 4 is 23.9 Å². The summed E-state index contributed by atoms with van der Waals surface area (Å²) >= 11 is 5.86. The predicted molar refractivity (Wildman–Crippen MR) is 67.4 cm³/mol. The molecular formula is C11H13ClN2O4. The van der Waals surface area contributed by atoms with Gasteiger partial charge in [-0.25, -0.2) is 10.2 Å². The summed E-state index contributed by atoms with van der Waals surface area (Å²) in [6, 6.07) is 2.98. The molecule has 0 spiro atoms. The molecule has 0 atom stereocenters. The fourth-order valence-corrected chi connectivity index (χ4v) is 1.38. The van der Waals surface area contributed by atoms with E-state index in [1.54, 1.807) is 6.92 Å². The first-order chi connectivity index (χ1) is 8.58. The van der Waals surface area contributed by atoms with Gasteiger partial charge in [0.15, 0.2) is 11.5 Å². The zero-order valence-electron chi connectivity index (χ0n) is 9.94. The van der Waals surface area contributed by atoms with Crippen LogP contribution in [-0.2, 0) is 4.74 Å². The van der Waals surface area contributed by atoms with Crippen molar-refractivity contribution in [3.63, 3.8) is 0 Å². The minimum atomic E-state index is -0.710. The number of amides is 1. The summed E-state index contributed by atoms with van der Waals surface area (Å²) in [7, 11) is 1.22. The Labute approximate surface area is 109 Å². The van der Waals surface area contributed by atoms with Gasteiger partial charge in [0, 0.05) is 16.7 Å². The van der Waals surface area contributed by atoms with Gasteiger partial charge in [0.25, 0.3) is 0 Å². The summed E-state index contributed by atoms with van der Waals surface area (Å²) < 4.78 is 9.53. The van der Waals surface area contributed by atoms with Crippen LogP contribution in [0.2, 0.25) is 5.02 Å². The molecule has 0 aromatic heterocycles. The number of hydrogen-bond donors (Lipinski definition) is 2. The van der Waals surface area contributed by atoms with E-state index in [9.17, 15) is 9.90 Å². The average Bonchev–Trinajstić information content (AvgIpc) is 2.34. The molecule has 0 fully saturated rings. The third kappa shape index (κ3) is 3.81. The average molecular weight is 273 g/mol. The number of nitrogens with zero attached hydrogens (tertiary/aromatic N) is 1. The maximum absolute atomic E-state index is 10.8. The smallest absolute Gasteiger partial charge is 0.427 e. The fraction of sp³-hybridized carbons (Fsp3) is 0.273. The van der Waals surface area contributed by atoms with E-state index in [-0.39, 0.29) is 11.5 Å². The molecule has 0 aliphatic rings. The van der Waals surface area contributed by atoms with Crippen LogP contribution in [0.3, 0.4) is 0 Å². The lowest BCUT2D eigenvalue weighted by Crippen LogP contribution is -2.16. The molecule has 1 rings (SSSR count). The fourth-order valence-electron chi connectivity index (χ4n) is 1.16. The number of nitrogens with one attached hydrogen (secondary N) is 1. The Bertz CT molecular complexity index is 463. The van der Waals surface area contributed by atoms with Gasteiger partial charge in [-0.15, -0.1) is 0 Å². The van der Waals surface area contributed by atoms with Gasteiger partial charge in [-0.1, -0.05) is 11.6 Å². The quantitative estimate of drug-likeness (QED) is 0.650. The second-order valence-electron chi connectivity index (χ2n) is 3.14. The lowest BCUT2D eigenvalue weighted by molar-refractivity contribution is 0.171. The van der Waals surface area contributed by atoms with Crippen LogP contribution in [0.15, 0.2) is 17.2 Å². The number of carbonyl (C=O) groups is 1. The standard InChI is InChI=1S/C11H13ClN2O4/c1-3-18-9-5-8(12)4-7(10(9)15)6-13-14-11(16)17-2/h4-6,15H,3H2,1-2H3,(H,14,16). The second kappa shape index (κ2) is 6.70. The number of phenols is 1. The number of hydrazone groups is 1. The van der Waals surface area contributed by atoms with Gasteiger partial charge in [0.2, 0.25) is 0 Å². The van der Waals surface area contributed by atoms with Crippen molar-refractivity contribution in [2.75, 3.05) is 13.7 Å². The van der Waals surface area contributed by atoms with Crippen LogP contribution >= 0.6 is 11.6 Å². The first kappa shape index (κ1) is 14.1. The van der Waals surface area contributed by atoms with Crippen LogP contribution in [0.25, 0.3) is 0 Å². The minimum absolute atomic E-state index is 0.100. The molecule has 0 bridgehead atoms. The van der Waals surface area contributed by atoms with Crippen LogP contribution in [-0.4, -0.2) is 31.1 Å². The van der Waals surface area contributed by atoms with Crippen LogP contribution in [0.1, 0.15) is 12.5 Å². The van der Waals surface area contributed by atoms with Gasteiger partial charge in [-0.3, -0.25) is 0 Å². The first-order valence-corrected chi connectivity index (χ1v) is 5.48. The summed E-state index contributed by atoms with van der Waals surface area (Å²) in [6.07, 6.45) is 0.526. The largest absolute Gasteiger partial charge is 0.504 e. The SMILES string of the molecule is CCOc1cc(Cl)cc(C=NNC(=O)OC)c1O. The summed E-state index contributed by atoms with van der Waals surface area (Å²) in [5, 5.41) is 13.8. The van der Waals surface area contributed by atoms with Crippen molar-refractivity contribution in [1.29, 1.82) is 0 Å². The zero-order valence-corrected chi connectivity index (χ0v) is 10.7. The van der Waals surface area contributed by atoms with Crippen LogP contribution < -0.4 is 10.2 Å². The number of carbonyl (C=O) groups excluding carboxylic acids is 1. The maximum atomic E-state index is 10.8. The Kier molecular flexibility index (Phi) is 5.26. The van der Waals surface area contributed by atoms with E-state index in [1.807, 2.05) is 0 Å². The number of aromatic hydroxyl groups is 1. The normalized spacial score (nSPS) is 10.4. The summed E-state index contributed by atoms with van der Waals surface area (Å²) in [6.45, 7) is 2.18. The number of ether oxygens (including phenoxy) is 2. The molecule has 7 heteroatoms. The molecule has 1 aromatic rings. The van der Waals surface area contributed by atoms with Crippen molar-refractivity contribution < 1.29 is 19.4 Å². The van der Waals surface area contributed by atoms with Gasteiger partial charge in [-0.2, -0.15) is 5.10 Å². The molecule has 98 valence electrons. The number of benzene rings is 1. The molecule has 2 N–H and O–H groups in total. The molecule has 1 aromatic carbocycles. The molecule has 0 saturated carbocycles. The topological polar surface area (TPSA) is 80.2 Å². The second-order valence-corrected chi connectivity index (χ2v) is 3.57. The van der Waals surface area contributed by atoms with Crippen molar-refractivity contribution in [1.82, 2.24) is 5.43 Å². The molecule has 0 aliphatic carbocycles. The number of methoxy groups -OCH3 is 1. The van der Waals surface area contributed by atoms with Gasteiger partial charge >= 0.3 is 6.09 Å². The number of rotatable bonds is 4. The number of halogens is 1. The lowest BCUT2D eigenvalue weighted by Gasteiger charge is -2.08. The van der Waals surface area contributed by atoms with E-state index < -0.39 is 6.09 Å². The summed E-state index contributed by atoms with van der Waals surface area (Å²) in [4.78, 5) is 10.8. The third-order valence-electron chi connectivity index (χ3n) is 1.91. The van der Waals surface area contributed by atoms with Crippen LogP contribution in [0.5, 0.6) is 11.5 Å². The highest BCUT2D eigenvalue weighted by atomic mass is 35.5. The van der Waals surface area contributed by atoms with Gasteiger partial charge in [0.05, 0.1) is 19.9 Å². The molecule has 1 amide bonds. The van der Waals surface area contributed by atoms with Crippen molar-refractivity contribution in [3.05, 3.63) is 22.7 Å². The molecule has 0 saturated heterocycles. The Hall–Kier alpha value is -1.95. The molecule has 6 nitrogen and oxygen atoms in total. The predicted octanol–water partition coefficient (Wildman–Crippen LogP) is 2.13. The molecule has 18 heavy (non-hydrogen) atoms. The van der Waals surface area contributed by atoms with Crippen LogP contribution in [0.4, 0.5) is 4.79 Å². The van der Waals surface area contributed by atoms with E-state index >= 15 is 0 Å². The molecule has 0 unspecified atom stereocenters. The summed E-state index contributed by atoms with van der Waals surface area (Å²) in [5.41, 5.74) is 2.41. The maximum Gasteiger partial charge on any atom is 0.427 e. The zero-order chi connectivity index (χ0) is 13.5. The first-order valence-electron chi connectivity index (χ1n) is 5.10. The monoisotopic (exact) mass is 272 g/mol. The lowest BCUT2D eigenvalue weighted by atomic mass is 10.2. The van der Waals surface area contributed by atoms with E-state index in [2.05, 4.69) is 15.3 Å². The van der Waals surface area contributed by atoms with E-state index in [0.29, 0.717) is 17.2 Å². The molecular weight excluding hydrogens is 260 g/mol.